The van der Waals surface area contributed by atoms with Crippen LogP contribution in [0.2, 0.25) is 0 Å². The Bertz CT molecular complexity index is 391. The number of carbonyl (C=O) groups is 1. The fourth-order valence-electron chi connectivity index (χ4n) is 2.31. The highest BCUT2D eigenvalue weighted by Crippen LogP contribution is 2.18. The lowest BCUT2D eigenvalue weighted by Crippen LogP contribution is -2.33. The highest BCUT2D eigenvalue weighted by Gasteiger charge is 2.18. The van der Waals surface area contributed by atoms with Crippen molar-refractivity contribution in [1.29, 1.82) is 0 Å². The summed E-state index contributed by atoms with van der Waals surface area (Å²) in [6.45, 7) is 2.25. The van der Waals surface area contributed by atoms with Gasteiger partial charge in [-0.3, -0.25) is 4.98 Å². The smallest absolute Gasteiger partial charge is 0.356 e. The Labute approximate surface area is 100 Å². The Morgan fingerprint density at radius 2 is 2.35 bits per heavy atom. The third kappa shape index (κ3) is 3.23. The molecule has 0 bridgehead atoms. The van der Waals surface area contributed by atoms with Gasteiger partial charge in [-0.25, -0.2) is 9.78 Å². The van der Waals surface area contributed by atoms with Crippen LogP contribution in [-0.2, 0) is 6.42 Å². The van der Waals surface area contributed by atoms with Gasteiger partial charge in [0.05, 0.1) is 11.9 Å². The van der Waals surface area contributed by atoms with Crippen LogP contribution in [0.5, 0.6) is 0 Å². The zero-order valence-corrected chi connectivity index (χ0v) is 9.96. The number of carboxylic acid groups (broad SMARTS) is 1. The summed E-state index contributed by atoms with van der Waals surface area (Å²) in [5.41, 5.74) is 0.893. The number of hydrogen-bond acceptors (Lipinski definition) is 4. The Balaban J connectivity index is 1.96. The van der Waals surface area contributed by atoms with Gasteiger partial charge in [0, 0.05) is 12.7 Å². The molecule has 0 aromatic carbocycles. The van der Waals surface area contributed by atoms with Crippen LogP contribution in [0.15, 0.2) is 12.4 Å². The summed E-state index contributed by atoms with van der Waals surface area (Å²) in [6.07, 6.45) is 6.24. The van der Waals surface area contributed by atoms with Crippen molar-refractivity contribution in [3.63, 3.8) is 0 Å². The molecule has 1 saturated heterocycles. The van der Waals surface area contributed by atoms with Crippen molar-refractivity contribution in [2.75, 3.05) is 20.1 Å². The molecule has 1 aromatic rings. The van der Waals surface area contributed by atoms with Gasteiger partial charge in [-0.2, -0.15) is 0 Å². The van der Waals surface area contributed by atoms with Crippen LogP contribution < -0.4 is 0 Å². The lowest BCUT2D eigenvalue weighted by molar-refractivity contribution is 0.0690. The minimum absolute atomic E-state index is 0.00881. The van der Waals surface area contributed by atoms with E-state index in [2.05, 4.69) is 21.9 Å². The van der Waals surface area contributed by atoms with Gasteiger partial charge in [-0.15, -0.1) is 0 Å². The summed E-state index contributed by atoms with van der Waals surface area (Å²) in [4.78, 5) is 21.0. The zero-order valence-electron chi connectivity index (χ0n) is 9.96. The molecule has 1 aromatic heterocycles. The van der Waals surface area contributed by atoms with Gasteiger partial charge in [0.25, 0.3) is 0 Å². The van der Waals surface area contributed by atoms with Crippen molar-refractivity contribution in [1.82, 2.24) is 14.9 Å². The molecule has 0 aliphatic carbocycles. The number of carboxylic acids is 1. The maximum Gasteiger partial charge on any atom is 0.356 e. The van der Waals surface area contributed by atoms with Crippen LogP contribution in [0.3, 0.4) is 0 Å². The van der Waals surface area contributed by atoms with E-state index in [0.29, 0.717) is 5.92 Å². The lowest BCUT2D eigenvalue weighted by atomic mass is 9.94. The van der Waals surface area contributed by atoms with Crippen LogP contribution in [0.25, 0.3) is 0 Å². The molecule has 0 radical (unpaired) electrons. The quantitative estimate of drug-likeness (QED) is 0.848. The molecule has 0 spiro atoms. The minimum Gasteiger partial charge on any atom is -0.476 e. The second kappa shape index (κ2) is 5.23. The second-order valence-electron chi connectivity index (χ2n) is 4.67. The normalized spacial score (nSPS) is 21.4. The summed E-state index contributed by atoms with van der Waals surface area (Å²) in [6, 6.07) is 0. The van der Waals surface area contributed by atoms with Gasteiger partial charge in [0.15, 0.2) is 5.69 Å². The van der Waals surface area contributed by atoms with Gasteiger partial charge < -0.3 is 10.0 Å². The average Bonchev–Trinajstić information content (AvgIpc) is 2.29. The van der Waals surface area contributed by atoms with E-state index in [0.717, 1.165) is 18.7 Å². The molecule has 1 aliphatic heterocycles. The topological polar surface area (TPSA) is 66.3 Å². The molecule has 0 saturated carbocycles. The van der Waals surface area contributed by atoms with Crippen molar-refractivity contribution >= 4 is 5.97 Å². The number of nitrogens with zero attached hydrogens (tertiary/aromatic N) is 3. The highest BCUT2D eigenvalue weighted by molar-refractivity contribution is 5.84. The van der Waals surface area contributed by atoms with E-state index in [1.54, 1.807) is 6.20 Å². The van der Waals surface area contributed by atoms with E-state index in [4.69, 9.17) is 5.11 Å². The molecule has 2 rings (SSSR count). The van der Waals surface area contributed by atoms with Crippen LogP contribution in [0.4, 0.5) is 0 Å². The van der Waals surface area contributed by atoms with E-state index in [-0.39, 0.29) is 5.69 Å². The largest absolute Gasteiger partial charge is 0.476 e. The molecule has 1 aliphatic rings. The summed E-state index contributed by atoms with van der Waals surface area (Å²) in [5, 5.41) is 8.72. The highest BCUT2D eigenvalue weighted by atomic mass is 16.4. The number of rotatable bonds is 3. The first-order chi connectivity index (χ1) is 8.15. The van der Waals surface area contributed by atoms with Crippen LogP contribution >= 0.6 is 0 Å². The molecule has 17 heavy (non-hydrogen) atoms. The molecule has 1 N–H and O–H groups in total. The lowest BCUT2D eigenvalue weighted by Gasteiger charge is -2.29. The Morgan fingerprint density at radius 1 is 1.53 bits per heavy atom. The predicted molar refractivity (Wildman–Crippen MR) is 62.9 cm³/mol. The first-order valence-corrected chi connectivity index (χ1v) is 5.88. The van der Waals surface area contributed by atoms with E-state index in [1.807, 2.05) is 0 Å². The Hall–Kier alpha value is -1.49. The van der Waals surface area contributed by atoms with Crippen molar-refractivity contribution in [2.24, 2.45) is 5.92 Å². The zero-order chi connectivity index (χ0) is 12.3. The molecule has 1 atom stereocenters. The van der Waals surface area contributed by atoms with Crippen molar-refractivity contribution in [3.05, 3.63) is 23.8 Å². The summed E-state index contributed by atoms with van der Waals surface area (Å²) >= 11 is 0. The van der Waals surface area contributed by atoms with Crippen molar-refractivity contribution in [2.45, 2.75) is 19.3 Å². The van der Waals surface area contributed by atoms with Crippen LogP contribution in [-0.4, -0.2) is 46.1 Å². The van der Waals surface area contributed by atoms with Gasteiger partial charge in [-0.05, 0) is 38.8 Å². The molecule has 0 unspecified atom stereocenters. The number of piperidine rings is 1. The van der Waals surface area contributed by atoms with Crippen molar-refractivity contribution in [3.8, 4) is 0 Å². The minimum atomic E-state index is -1.03. The average molecular weight is 235 g/mol. The van der Waals surface area contributed by atoms with Crippen LogP contribution in [0.1, 0.15) is 29.0 Å². The molecule has 5 heteroatoms. The molecule has 92 valence electrons. The molecule has 0 amide bonds. The predicted octanol–water partition coefficient (Wildman–Crippen LogP) is 1.06. The number of aromatic nitrogens is 2. The molecular formula is C12H17N3O2. The van der Waals surface area contributed by atoms with Gasteiger partial charge >= 0.3 is 5.97 Å². The van der Waals surface area contributed by atoms with Gasteiger partial charge in [0.1, 0.15) is 0 Å². The van der Waals surface area contributed by atoms with E-state index < -0.39 is 5.97 Å². The third-order valence-electron chi connectivity index (χ3n) is 3.14. The van der Waals surface area contributed by atoms with Gasteiger partial charge in [0.2, 0.25) is 0 Å². The molecule has 5 nitrogen and oxygen atoms in total. The Kier molecular flexibility index (Phi) is 3.68. The first kappa shape index (κ1) is 12.0. The Morgan fingerprint density at radius 3 is 2.94 bits per heavy atom. The molecule has 2 heterocycles. The molecule has 1 fully saturated rings. The molecular weight excluding hydrogens is 218 g/mol. The van der Waals surface area contributed by atoms with E-state index in [9.17, 15) is 4.79 Å². The first-order valence-electron chi connectivity index (χ1n) is 5.88. The van der Waals surface area contributed by atoms with E-state index >= 15 is 0 Å². The number of likely N-dealkylation sites (tertiary alicyclic amines) is 1. The fraction of sp³-hybridized carbons (Fsp3) is 0.583. The monoisotopic (exact) mass is 235 g/mol. The standard InChI is InChI=1S/C12H17N3O2/c1-15-4-2-3-9(8-15)5-10-6-14-11(7-13-10)12(16)17/h6-7,9H,2-5,8H2,1H3,(H,16,17)/t9-/m1/s1. The summed E-state index contributed by atoms with van der Waals surface area (Å²) in [5.74, 6) is -0.417. The number of aromatic carboxylic acids is 1. The van der Waals surface area contributed by atoms with E-state index in [1.165, 1.54) is 25.6 Å². The SMILES string of the molecule is CN1CCC[C@H](Cc2cnc(C(=O)O)cn2)C1. The summed E-state index contributed by atoms with van der Waals surface area (Å²) < 4.78 is 0. The maximum atomic E-state index is 10.6. The fourth-order valence-corrected chi connectivity index (χ4v) is 2.31. The summed E-state index contributed by atoms with van der Waals surface area (Å²) in [7, 11) is 2.13. The maximum absolute atomic E-state index is 10.6. The third-order valence-corrected chi connectivity index (χ3v) is 3.14. The van der Waals surface area contributed by atoms with Gasteiger partial charge in [-0.1, -0.05) is 0 Å². The van der Waals surface area contributed by atoms with Crippen molar-refractivity contribution < 1.29 is 9.90 Å². The van der Waals surface area contributed by atoms with Crippen LogP contribution in [0, 0.1) is 5.92 Å². The second-order valence-corrected chi connectivity index (χ2v) is 4.67. The number of hydrogen-bond donors (Lipinski definition) is 1.